The van der Waals surface area contributed by atoms with Gasteiger partial charge in [-0.05, 0) is 6.42 Å². The van der Waals surface area contributed by atoms with Gasteiger partial charge in [-0.15, -0.1) is 0 Å². The molecule has 1 amide bonds. The van der Waals surface area contributed by atoms with E-state index in [1.54, 1.807) is 0 Å². The fourth-order valence-electron chi connectivity index (χ4n) is 1.64. The van der Waals surface area contributed by atoms with E-state index in [1.807, 2.05) is 0 Å². The van der Waals surface area contributed by atoms with E-state index >= 15 is 0 Å². The first-order chi connectivity index (χ1) is 10.9. The first-order valence-corrected chi connectivity index (χ1v) is 10.1. The summed E-state index contributed by atoms with van der Waals surface area (Å²) in [4.78, 5) is 33.4. The molecule has 0 saturated carbocycles. The van der Waals surface area contributed by atoms with Gasteiger partial charge < -0.3 is 21.3 Å². The van der Waals surface area contributed by atoms with Crippen LogP contribution in [0.25, 0.3) is 0 Å². The minimum absolute atomic E-state index is 0.161. The van der Waals surface area contributed by atoms with Crippen molar-refractivity contribution in [2.24, 2.45) is 5.73 Å². The van der Waals surface area contributed by atoms with Gasteiger partial charge in [0.05, 0.1) is 0 Å². The number of unbranched alkanes of at least 4 members (excludes halogenated alkanes) is 4. The van der Waals surface area contributed by atoms with Crippen molar-refractivity contribution in [2.75, 3.05) is 11.5 Å². The summed E-state index contributed by atoms with van der Waals surface area (Å²) in [6.45, 7) is 2.11. The molecule has 7 nitrogen and oxygen atoms in total. The topological polar surface area (TPSA) is 130 Å². The summed E-state index contributed by atoms with van der Waals surface area (Å²) in [5, 5.41) is 20.2. The zero-order valence-corrected chi connectivity index (χ0v) is 15.0. The molecule has 9 heteroatoms. The van der Waals surface area contributed by atoms with Crippen molar-refractivity contribution < 1.29 is 24.6 Å². The lowest BCUT2D eigenvalue weighted by Gasteiger charge is -2.14. The molecule has 0 heterocycles. The van der Waals surface area contributed by atoms with Gasteiger partial charge in [-0.25, -0.2) is 4.79 Å². The van der Waals surface area contributed by atoms with E-state index < -0.39 is 24.0 Å². The summed E-state index contributed by atoms with van der Waals surface area (Å²) in [6, 6.07) is -1.95. The molecule has 0 aliphatic heterocycles. The molecule has 2 atom stereocenters. The molecule has 0 unspecified atom stereocenters. The Labute approximate surface area is 144 Å². The first kappa shape index (κ1) is 22.1. The number of carboxylic acid groups (broad SMARTS) is 2. The van der Waals surface area contributed by atoms with E-state index in [2.05, 4.69) is 12.2 Å². The minimum atomic E-state index is -1.10. The molecule has 0 spiro atoms. The number of carbonyl (C=O) groups is 3. The van der Waals surface area contributed by atoms with Gasteiger partial charge in [-0.1, -0.05) is 54.2 Å². The number of aliphatic carboxylic acids is 2. The van der Waals surface area contributed by atoms with Crippen LogP contribution in [-0.4, -0.2) is 51.6 Å². The number of hydrogen-bond acceptors (Lipinski definition) is 6. The predicted molar refractivity (Wildman–Crippen MR) is 93.5 cm³/mol. The summed E-state index contributed by atoms with van der Waals surface area (Å²) < 4.78 is 0. The molecule has 0 fully saturated rings. The van der Waals surface area contributed by atoms with Gasteiger partial charge >= 0.3 is 11.9 Å². The van der Waals surface area contributed by atoms with Crippen LogP contribution in [0.3, 0.4) is 0 Å². The van der Waals surface area contributed by atoms with Crippen LogP contribution in [0.5, 0.6) is 0 Å². The molecule has 0 aliphatic rings. The molecule has 0 aromatic rings. The van der Waals surface area contributed by atoms with Gasteiger partial charge in [0.25, 0.3) is 0 Å². The Morgan fingerprint density at radius 2 is 1.61 bits per heavy atom. The maximum Gasteiger partial charge on any atom is 0.327 e. The van der Waals surface area contributed by atoms with Crippen LogP contribution >= 0.6 is 21.6 Å². The summed E-state index contributed by atoms with van der Waals surface area (Å²) in [5.41, 5.74) is 5.34. The van der Waals surface area contributed by atoms with Crippen molar-refractivity contribution in [1.82, 2.24) is 5.32 Å². The third-order valence-corrected chi connectivity index (χ3v) is 5.47. The Bertz CT molecular complexity index is 382. The Morgan fingerprint density at radius 3 is 2.17 bits per heavy atom. The third kappa shape index (κ3) is 12.2. The van der Waals surface area contributed by atoms with Crippen LogP contribution < -0.4 is 11.1 Å². The second-order valence-electron chi connectivity index (χ2n) is 5.14. The van der Waals surface area contributed by atoms with E-state index in [4.69, 9.17) is 15.9 Å². The molecule has 5 N–H and O–H groups in total. The quantitative estimate of drug-likeness (QED) is 0.270. The smallest absolute Gasteiger partial charge is 0.327 e. The Kier molecular flexibility index (Phi) is 13.0. The average molecular weight is 367 g/mol. The van der Waals surface area contributed by atoms with E-state index in [-0.39, 0.29) is 17.4 Å². The third-order valence-electron chi connectivity index (χ3n) is 3.02. The molecule has 134 valence electrons. The van der Waals surface area contributed by atoms with Gasteiger partial charge in [-0.3, -0.25) is 9.59 Å². The summed E-state index contributed by atoms with van der Waals surface area (Å²) >= 11 is 0. The summed E-state index contributed by atoms with van der Waals surface area (Å²) in [6.07, 6.45) is 5.42. The minimum Gasteiger partial charge on any atom is -0.480 e. The number of nitrogens with one attached hydrogen (secondary N) is 1. The molecule has 0 bridgehead atoms. The van der Waals surface area contributed by atoms with Crippen molar-refractivity contribution in [2.45, 2.75) is 57.5 Å². The van der Waals surface area contributed by atoms with Crippen molar-refractivity contribution in [3.8, 4) is 0 Å². The van der Waals surface area contributed by atoms with E-state index in [1.165, 1.54) is 21.6 Å². The monoisotopic (exact) mass is 366 g/mol. The number of rotatable bonds is 14. The van der Waals surface area contributed by atoms with Crippen molar-refractivity contribution in [1.29, 1.82) is 0 Å². The van der Waals surface area contributed by atoms with Gasteiger partial charge in [0.1, 0.15) is 12.1 Å². The van der Waals surface area contributed by atoms with Crippen molar-refractivity contribution in [3.63, 3.8) is 0 Å². The molecule has 0 aromatic heterocycles. The second-order valence-corrected chi connectivity index (χ2v) is 7.69. The van der Waals surface area contributed by atoms with Crippen LogP contribution in [0.1, 0.15) is 45.4 Å². The van der Waals surface area contributed by atoms with Crippen LogP contribution in [-0.2, 0) is 14.4 Å². The fourth-order valence-corrected chi connectivity index (χ4v) is 3.91. The lowest BCUT2D eigenvalue weighted by Crippen LogP contribution is -2.42. The maximum absolute atomic E-state index is 11.7. The van der Waals surface area contributed by atoms with E-state index in [0.717, 1.165) is 32.1 Å². The summed E-state index contributed by atoms with van der Waals surface area (Å²) in [5.74, 6) is -2.11. The standard InChI is InChI=1S/C14H26N2O5S2/c1-2-3-4-5-6-7-12(17)16-11(14(20)21)9-23-22-8-10(15)13(18)19/h10-11H,2-9,15H2,1H3,(H,16,17)(H,18,19)(H,20,21)/t10-,11-/m0/s1. The highest BCUT2D eigenvalue weighted by Crippen LogP contribution is 2.22. The number of carboxylic acids is 2. The molecule has 0 aromatic carbocycles. The van der Waals surface area contributed by atoms with Crippen LogP contribution in [0.4, 0.5) is 0 Å². The number of amides is 1. The summed E-state index contributed by atoms with van der Waals surface area (Å²) in [7, 11) is 2.38. The normalized spacial score (nSPS) is 13.3. The molecule has 0 saturated heterocycles. The number of hydrogen-bond donors (Lipinski definition) is 4. The largest absolute Gasteiger partial charge is 0.480 e. The number of carbonyl (C=O) groups excluding carboxylic acids is 1. The van der Waals surface area contributed by atoms with Crippen molar-refractivity contribution >= 4 is 39.4 Å². The Morgan fingerprint density at radius 1 is 1.00 bits per heavy atom. The lowest BCUT2D eigenvalue weighted by atomic mass is 10.1. The molecular formula is C14H26N2O5S2. The van der Waals surface area contributed by atoms with Crippen LogP contribution in [0, 0.1) is 0 Å². The van der Waals surface area contributed by atoms with Gasteiger partial charge in [0, 0.05) is 17.9 Å². The Balaban J connectivity index is 3.95. The zero-order valence-electron chi connectivity index (χ0n) is 13.3. The highest BCUT2D eigenvalue weighted by Gasteiger charge is 2.20. The highest BCUT2D eigenvalue weighted by molar-refractivity contribution is 8.76. The predicted octanol–water partition coefficient (Wildman–Crippen LogP) is 1.71. The van der Waals surface area contributed by atoms with Gasteiger partial charge in [0.15, 0.2) is 0 Å². The van der Waals surface area contributed by atoms with E-state index in [0.29, 0.717) is 6.42 Å². The second kappa shape index (κ2) is 13.5. The van der Waals surface area contributed by atoms with Crippen LogP contribution in [0.15, 0.2) is 0 Å². The fraction of sp³-hybridized carbons (Fsp3) is 0.786. The van der Waals surface area contributed by atoms with Gasteiger partial charge in [0.2, 0.25) is 5.91 Å². The molecule has 23 heavy (non-hydrogen) atoms. The zero-order chi connectivity index (χ0) is 17.7. The highest BCUT2D eigenvalue weighted by atomic mass is 33.1. The average Bonchev–Trinajstić information content (AvgIpc) is 2.49. The van der Waals surface area contributed by atoms with Crippen molar-refractivity contribution in [3.05, 3.63) is 0 Å². The SMILES string of the molecule is CCCCCCCC(=O)N[C@@H](CSSC[C@H](N)C(=O)O)C(=O)O. The molecular weight excluding hydrogens is 340 g/mol. The molecule has 0 rings (SSSR count). The maximum atomic E-state index is 11.7. The van der Waals surface area contributed by atoms with E-state index in [9.17, 15) is 14.4 Å². The first-order valence-electron chi connectivity index (χ1n) is 7.63. The van der Waals surface area contributed by atoms with Gasteiger partial charge in [-0.2, -0.15) is 0 Å². The molecule has 0 radical (unpaired) electrons. The molecule has 0 aliphatic carbocycles. The van der Waals surface area contributed by atoms with Crippen LogP contribution in [0.2, 0.25) is 0 Å². The lowest BCUT2D eigenvalue weighted by molar-refractivity contribution is -0.141. The Hall–Kier alpha value is -0.930. The number of nitrogens with two attached hydrogens (primary N) is 1.